The molecule has 0 heterocycles. The first-order valence-corrected chi connectivity index (χ1v) is 4.11. The summed E-state index contributed by atoms with van der Waals surface area (Å²) in [7, 11) is 0. The summed E-state index contributed by atoms with van der Waals surface area (Å²) in [6.45, 7) is 0. The third-order valence-corrected chi connectivity index (χ3v) is 1.53. The molecular weight excluding hydrogens is 245 g/mol. The Labute approximate surface area is 92.3 Å². The highest BCUT2D eigenvalue weighted by Crippen LogP contribution is 2.20. The molecule has 0 spiro atoms. The minimum atomic E-state index is -5.30. The predicted molar refractivity (Wildman–Crippen MR) is 48.1 cm³/mol. The average molecular weight is 250 g/mol. The predicted octanol–water partition coefficient (Wildman–Crippen LogP) is 1.71. The van der Waals surface area contributed by atoms with Crippen LogP contribution in [0.5, 0.6) is 0 Å². The lowest BCUT2D eigenvalue weighted by Crippen LogP contribution is -2.38. The molecule has 6 nitrogen and oxygen atoms in total. The van der Waals surface area contributed by atoms with Crippen molar-refractivity contribution in [2.75, 3.05) is 5.17 Å². The van der Waals surface area contributed by atoms with Gasteiger partial charge in [-0.2, -0.15) is 13.2 Å². The highest BCUT2D eigenvalue weighted by atomic mass is 19.4. The van der Waals surface area contributed by atoms with E-state index in [1.54, 1.807) is 0 Å². The number of rotatable bonds is 3. The minimum Gasteiger partial charge on any atom is -0.274 e. The summed E-state index contributed by atoms with van der Waals surface area (Å²) in [5.74, 6) is -2.67. The number of carbonyl (C=O) groups excluding carboxylic acids is 1. The monoisotopic (exact) mass is 250 g/mol. The summed E-state index contributed by atoms with van der Waals surface area (Å²) in [5.41, 5.74) is -0.310. The number of hydrogen-bond acceptors (Lipinski definition) is 4. The first-order chi connectivity index (χ1) is 7.82. The molecule has 0 saturated heterocycles. The van der Waals surface area contributed by atoms with Gasteiger partial charge in [-0.1, -0.05) is 18.2 Å². The van der Waals surface area contributed by atoms with Crippen LogP contribution >= 0.6 is 0 Å². The Hall–Kier alpha value is -2.32. The smallest absolute Gasteiger partial charge is 0.274 e. The van der Waals surface area contributed by atoms with Crippen LogP contribution in [0.2, 0.25) is 0 Å². The van der Waals surface area contributed by atoms with Crippen LogP contribution in [0.3, 0.4) is 0 Å². The molecule has 0 atom stereocenters. The van der Waals surface area contributed by atoms with Crippen LogP contribution in [0.15, 0.2) is 30.3 Å². The van der Waals surface area contributed by atoms with Gasteiger partial charge >= 0.3 is 12.1 Å². The molecule has 0 aliphatic carbocycles. The third-order valence-electron chi connectivity index (χ3n) is 1.53. The molecule has 9 heteroatoms. The molecule has 92 valence electrons. The molecule has 1 aromatic rings. The second-order valence-corrected chi connectivity index (χ2v) is 2.72. The van der Waals surface area contributed by atoms with E-state index in [9.17, 15) is 28.1 Å². The lowest BCUT2D eigenvalue weighted by molar-refractivity contribution is -0.540. The van der Waals surface area contributed by atoms with Crippen LogP contribution < -0.4 is 5.17 Å². The van der Waals surface area contributed by atoms with Crippen LogP contribution in [0.25, 0.3) is 0 Å². The summed E-state index contributed by atoms with van der Waals surface area (Å²) in [6, 6.07) is 6.41. The van der Waals surface area contributed by atoms with Gasteiger partial charge in [0.25, 0.3) is 0 Å². The number of para-hydroxylation sites is 1. The van der Waals surface area contributed by atoms with Crippen molar-refractivity contribution in [2.24, 2.45) is 0 Å². The quantitative estimate of drug-likeness (QED) is 0.603. The Morgan fingerprint density at radius 3 is 2.24 bits per heavy atom. The number of hydrazine groups is 1. The van der Waals surface area contributed by atoms with Crippen LogP contribution in [0.1, 0.15) is 0 Å². The standard InChI is InChI=1S/C8H5F3N2O4/c9-8(10,11)7(14)17-12(13(15)16)6-4-2-1-3-5-6/h1-5H. The Bertz CT molecular complexity index is 421. The number of carbonyl (C=O) groups is 1. The molecule has 0 aromatic heterocycles. The lowest BCUT2D eigenvalue weighted by Gasteiger charge is -2.13. The van der Waals surface area contributed by atoms with Gasteiger partial charge in [0.15, 0.2) is 0 Å². The molecule has 0 aliphatic rings. The Kier molecular flexibility index (Phi) is 3.51. The van der Waals surface area contributed by atoms with Crippen molar-refractivity contribution in [3.05, 3.63) is 40.4 Å². The Morgan fingerprint density at radius 1 is 1.29 bits per heavy atom. The molecule has 0 saturated carbocycles. The molecule has 0 aliphatic heterocycles. The van der Waals surface area contributed by atoms with E-state index >= 15 is 0 Å². The number of nitrogens with zero attached hydrogens (tertiary/aromatic N) is 2. The first-order valence-electron chi connectivity index (χ1n) is 4.11. The average Bonchev–Trinajstić information content (AvgIpc) is 2.25. The second-order valence-electron chi connectivity index (χ2n) is 2.72. The minimum absolute atomic E-state index is 0.310. The molecule has 0 N–H and O–H groups in total. The van der Waals surface area contributed by atoms with E-state index in [2.05, 4.69) is 4.84 Å². The van der Waals surface area contributed by atoms with Gasteiger partial charge in [-0.05, 0) is 12.1 Å². The zero-order valence-corrected chi connectivity index (χ0v) is 8.05. The SMILES string of the molecule is O=C(ON(c1ccccc1)[N+](=O)[O-])C(F)(F)F. The molecule has 0 fully saturated rings. The van der Waals surface area contributed by atoms with Crippen molar-refractivity contribution in [3.63, 3.8) is 0 Å². The maximum absolute atomic E-state index is 11.9. The number of benzene rings is 1. The highest BCUT2D eigenvalue weighted by Gasteiger charge is 2.44. The number of nitro groups is 1. The van der Waals surface area contributed by atoms with Crippen molar-refractivity contribution in [3.8, 4) is 0 Å². The van der Waals surface area contributed by atoms with E-state index in [0.29, 0.717) is 0 Å². The fraction of sp³-hybridized carbons (Fsp3) is 0.125. The largest absolute Gasteiger partial charge is 0.493 e. The summed E-state index contributed by atoms with van der Waals surface area (Å²) >= 11 is 0. The number of anilines is 1. The van der Waals surface area contributed by atoms with Gasteiger partial charge in [-0.15, -0.1) is 0 Å². The molecule has 1 aromatic carbocycles. The van der Waals surface area contributed by atoms with Gasteiger partial charge < -0.3 is 0 Å². The highest BCUT2D eigenvalue weighted by molar-refractivity contribution is 5.76. The van der Waals surface area contributed by atoms with E-state index in [-0.39, 0.29) is 10.9 Å². The molecule has 0 bridgehead atoms. The molecule has 1 rings (SSSR count). The summed E-state index contributed by atoms with van der Waals surface area (Å²) in [6.07, 6.45) is -5.30. The lowest BCUT2D eigenvalue weighted by atomic mass is 10.3. The Morgan fingerprint density at radius 2 is 1.82 bits per heavy atom. The normalized spacial score (nSPS) is 10.8. The van der Waals surface area contributed by atoms with E-state index in [0.717, 1.165) is 12.1 Å². The topological polar surface area (TPSA) is 72.7 Å². The molecule has 0 radical (unpaired) electrons. The van der Waals surface area contributed by atoms with Crippen LogP contribution in [-0.2, 0) is 9.63 Å². The zero-order valence-electron chi connectivity index (χ0n) is 8.05. The van der Waals surface area contributed by atoms with Crippen molar-refractivity contribution < 1.29 is 27.8 Å². The van der Waals surface area contributed by atoms with Gasteiger partial charge in [0.1, 0.15) is 5.69 Å². The molecular formula is C8H5F3N2O4. The van der Waals surface area contributed by atoms with Crippen LogP contribution in [-0.4, -0.2) is 17.2 Å². The number of halogens is 3. The Balaban J connectivity index is 2.90. The zero-order chi connectivity index (χ0) is 13.1. The van der Waals surface area contributed by atoms with E-state index in [1.165, 1.54) is 18.2 Å². The number of alkyl halides is 3. The molecule has 17 heavy (non-hydrogen) atoms. The summed E-state index contributed by atoms with van der Waals surface area (Å²) in [5, 5.41) is 8.82. The van der Waals surface area contributed by atoms with Crippen molar-refractivity contribution >= 4 is 11.7 Å². The molecule has 0 unspecified atom stereocenters. The third kappa shape index (κ3) is 3.33. The van der Waals surface area contributed by atoms with Crippen molar-refractivity contribution in [1.82, 2.24) is 0 Å². The van der Waals surface area contributed by atoms with Gasteiger partial charge in [0, 0.05) is 0 Å². The van der Waals surface area contributed by atoms with Gasteiger partial charge in [0.05, 0.1) is 5.17 Å². The van der Waals surface area contributed by atoms with E-state index in [1.807, 2.05) is 0 Å². The molecule has 0 amide bonds. The van der Waals surface area contributed by atoms with Crippen molar-refractivity contribution in [2.45, 2.75) is 6.18 Å². The van der Waals surface area contributed by atoms with Gasteiger partial charge in [-0.25, -0.2) is 14.9 Å². The maximum Gasteiger partial charge on any atom is 0.493 e. The summed E-state index contributed by atoms with van der Waals surface area (Å²) < 4.78 is 35.6. The second kappa shape index (κ2) is 4.68. The van der Waals surface area contributed by atoms with Crippen LogP contribution in [0, 0.1) is 10.1 Å². The number of hydrogen-bond donors (Lipinski definition) is 0. The van der Waals surface area contributed by atoms with Crippen molar-refractivity contribution in [1.29, 1.82) is 0 Å². The summed E-state index contributed by atoms with van der Waals surface area (Å²) in [4.78, 5) is 24.5. The van der Waals surface area contributed by atoms with E-state index < -0.39 is 17.2 Å². The maximum atomic E-state index is 11.9. The van der Waals surface area contributed by atoms with E-state index in [4.69, 9.17) is 0 Å². The van der Waals surface area contributed by atoms with Crippen LogP contribution in [0.4, 0.5) is 18.9 Å². The van der Waals surface area contributed by atoms with Gasteiger partial charge in [0.2, 0.25) is 5.03 Å². The first kappa shape index (κ1) is 12.7. The fourth-order valence-corrected chi connectivity index (χ4v) is 0.866. The fourth-order valence-electron chi connectivity index (χ4n) is 0.866. The van der Waals surface area contributed by atoms with Gasteiger partial charge in [-0.3, -0.25) is 4.84 Å².